The third-order valence-electron chi connectivity index (χ3n) is 4.55. The van der Waals surface area contributed by atoms with Gasteiger partial charge in [0.1, 0.15) is 11.5 Å². The molecule has 6 nitrogen and oxygen atoms in total. The minimum absolute atomic E-state index is 0.0507. The molecule has 1 aromatic carbocycles. The van der Waals surface area contributed by atoms with Crippen LogP contribution in [0.15, 0.2) is 67.3 Å². The van der Waals surface area contributed by atoms with Gasteiger partial charge in [-0.2, -0.15) is 5.10 Å². The molecule has 3 heterocycles. The summed E-state index contributed by atoms with van der Waals surface area (Å²) in [6.07, 6.45) is 9.12. The van der Waals surface area contributed by atoms with E-state index in [0.29, 0.717) is 23.6 Å². The summed E-state index contributed by atoms with van der Waals surface area (Å²) in [5.41, 5.74) is 0.671. The monoisotopic (exact) mass is 348 g/mol. The van der Waals surface area contributed by atoms with Crippen molar-refractivity contribution in [1.29, 1.82) is 0 Å². The van der Waals surface area contributed by atoms with E-state index in [2.05, 4.69) is 10.1 Å². The number of benzene rings is 1. The van der Waals surface area contributed by atoms with E-state index in [9.17, 15) is 4.79 Å². The number of carbonyl (C=O) groups excluding carboxylic acids is 1. The van der Waals surface area contributed by atoms with Gasteiger partial charge in [-0.1, -0.05) is 0 Å². The fourth-order valence-corrected chi connectivity index (χ4v) is 3.24. The van der Waals surface area contributed by atoms with Crippen molar-refractivity contribution in [3.63, 3.8) is 0 Å². The van der Waals surface area contributed by atoms with Crippen LogP contribution in [0.3, 0.4) is 0 Å². The van der Waals surface area contributed by atoms with Crippen molar-refractivity contribution in [2.45, 2.75) is 18.9 Å². The third-order valence-corrected chi connectivity index (χ3v) is 4.55. The molecule has 0 bridgehead atoms. The summed E-state index contributed by atoms with van der Waals surface area (Å²) in [5.74, 6) is 1.40. The minimum atomic E-state index is 0.0507. The topological polar surface area (TPSA) is 60.2 Å². The first-order valence-corrected chi connectivity index (χ1v) is 8.76. The van der Waals surface area contributed by atoms with Crippen LogP contribution in [0.1, 0.15) is 29.2 Å². The summed E-state index contributed by atoms with van der Waals surface area (Å²) >= 11 is 0. The van der Waals surface area contributed by atoms with Crippen molar-refractivity contribution in [3.8, 4) is 11.5 Å². The molecule has 3 aromatic rings. The van der Waals surface area contributed by atoms with Gasteiger partial charge >= 0.3 is 0 Å². The van der Waals surface area contributed by atoms with Crippen molar-refractivity contribution in [2.75, 3.05) is 13.1 Å². The van der Waals surface area contributed by atoms with E-state index in [0.717, 1.165) is 19.4 Å². The maximum Gasteiger partial charge on any atom is 0.253 e. The molecule has 4 rings (SSSR count). The molecule has 0 N–H and O–H groups in total. The molecule has 2 aromatic heterocycles. The first-order chi connectivity index (χ1) is 12.8. The van der Waals surface area contributed by atoms with Gasteiger partial charge in [0.05, 0.1) is 12.2 Å². The van der Waals surface area contributed by atoms with Gasteiger partial charge in [0.15, 0.2) is 0 Å². The zero-order chi connectivity index (χ0) is 17.8. The highest BCUT2D eigenvalue weighted by molar-refractivity contribution is 5.94. The molecule has 1 saturated heterocycles. The molecular weight excluding hydrogens is 328 g/mol. The predicted molar refractivity (Wildman–Crippen MR) is 97.2 cm³/mol. The number of hydrogen-bond donors (Lipinski definition) is 0. The van der Waals surface area contributed by atoms with Crippen LogP contribution in [0.5, 0.6) is 11.5 Å². The summed E-state index contributed by atoms with van der Waals surface area (Å²) in [6.45, 7) is 1.47. The second kappa shape index (κ2) is 7.39. The Labute approximate surface area is 152 Å². The SMILES string of the molecule is O=C(c1ccc(Oc2cccnc2)cc1)N1CCC[C@@H](n2cccn2)C1. The molecule has 0 spiro atoms. The van der Waals surface area contributed by atoms with Crippen LogP contribution < -0.4 is 4.74 Å². The minimum Gasteiger partial charge on any atom is -0.456 e. The number of aromatic nitrogens is 3. The lowest BCUT2D eigenvalue weighted by atomic mass is 10.0. The third kappa shape index (κ3) is 3.59. The highest BCUT2D eigenvalue weighted by Crippen LogP contribution is 2.24. The number of pyridine rings is 1. The lowest BCUT2D eigenvalue weighted by Gasteiger charge is -2.33. The molecule has 0 unspecified atom stereocenters. The van der Waals surface area contributed by atoms with Crippen molar-refractivity contribution >= 4 is 5.91 Å². The number of likely N-dealkylation sites (tertiary alicyclic amines) is 1. The Morgan fingerprint density at radius 2 is 1.96 bits per heavy atom. The van der Waals surface area contributed by atoms with E-state index in [1.807, 2.05) is 58.2 Å². The Morgan fingerprint density at radius 1 is 1.08 bits per heavy atom. The van der Waals surface area contributed by atoms with E-state index in [1.165, 1.54) is 0 Å². The molecule has 1 aliphatic heterocycles. The van der Waals surface area contributed by atoms with Gasteiger partial charge in [0.2, 0.25) is 0 Å². The number of piperidine rings is 1. The second-order valence-corrected chi connectivity index (χ2v) is 6.35. The Balaban J connectivity index is 1.43. The Kier molecular flexibility index (Phi) is 4.64. The zero-order valence-corrected chi connectivity index (χ0v) is 14.4. The fraction of sp³-hybridized carbons (Fsp3) is 0.250. The second-order valence-electron chi connectivity index (χ2n) is 6.35. The highest BCUT2D eigenvalue weighted by atomic mass is 16.5. The van der Waals surface area contributed by atoms with E-state index in [1.54, 1.807) is 18.6 Å². The summed E-state index contributed by atoms with van der Waals surface area (Å²) in [6, 6.07) is 13.1. The molecule has 1 amide bonds. The first kappa shape index (κ1) is 16.3. The Morgan fingerprint density at radius 3 is 2.69 bits per heavy atom. The average Bonchev–Trinajstić information content (AvgIpc) is 3.24. The van der Waals surface area contributed by atoms with E-state index < -0.39 is 0 Å². The van der Waals surface area contributed by atoms with Crippen molar-refractivity contribution < 1.29 is 9.53 Å². The van der Waals surface area contributed by atoms with Crippen molar-refractivity contribution in [2.24, 2.45) is 0 Å². The predicted octanol–water partition coefficient (Wildman–Crippen LogP) is 3.55. The normalized spacial score (nSPS) is 17.1. The van der Waals surface area contributed by atoms with Gasteiger partial charge in [0, 0.05) is 37.2 Å². The number of amides is 1. The van der Waals surface area contributed by atoms with Gasteiger partial charge in [-0.25, -0.2) is 0 Å². The molecule has 6 heteroatoms. The highest BCUT2D eigenvalue weighted by Gasteiger charge is 2.25. The van der Waals surface area contributed by atoms with Crippen molar-refractivity contribution in [1.82, 2.24) is 19.7 Å². The number of carbonyl (C=O) groups is 1. The summed E-state index contributed by atoms with van der Waals surface area (Å²) < 4.78 is 7.67. The van der Waals surface area contributed by atoms with Gasteiger partial charge in [-0.05, 0) is 55.3 Å². The Hall–Kier alpha value is -3.15. The van der Waals surface area contributed by atoms with E-state index in [-0.39, 0.29) is 11.9 Å². The lowest BCUT2D eigenvalue weighted by molar-refractivity contribution is 0.0673. The molecule has 132 valence electrons. The van der Waals surface area contributed by atoms with Gasteiger partial charge in [-0.3, -0.25) is 14.5 Å². The molecule has 26 heavy (non-hydrogen) atoms. The molecular formula is C20H20N4O2. The number of hydrogen-bond acceptors (Lipinski definition) is 4. The van der Waals surface area contributed by atoms with Crippen LogP contribution in [-0.4, -0.2) is 38.7 Å². The molecule has 1 aliphatic rings. The quantitative estimate of drug-likeness (QED) is 0.723. The summed E-state index contributed by atoms with van der Waals surface area (Å²) in [5, 5.41) is 4.31. The standard InChI is InChI=1S/C20H20N4O2/c25-20(23-12-2-4-17(15-23)24-13-3-11-22-24)16-6-8-18(9-7-16)26-19-5-1-10-21-14-19/h1,3,5-11,13-14,17H,2,4,12,15H2/t17-/m1/s1. The van der Waals surface area contributed by atoms with Crippen LogP contribution in [0.4, 0.5) is 0 Å². The average molecular weight is 348 g/mol. The maximum absolute atomic E-state index is 12.8. The summed E-state index contributed by atoms with van der Waals surface area (Å²) in [7, 11) is 0. The molecule has 0 saturated carbocycles. The van der Waals surface area contributed by atoms with Gasteiger partial charge < -0.3 is 9.64 Å². The van der Waals surface area contributed by atoms with Crippen LogP contribution in [0.2, 0.25) is 0 Å². The van der Waals surface area contributed by atoms with Crippen molar-refractivity contribution in [3.05, 3.63) is 72.8 Å². The van der Waals surface area contributed by atoms with Gasteiger partial charge in [0.25, 0.3) is 5.91 Å². The van der Waals surface area contributed by atoms with Crippen LogP contribution >= 0.6 is 0 Å². The molecule has 1 fully saturated rings. The van der Waals surface area contributed by atoms with Crippen LogP contribution in [-0.2, 0) is 0 Å². The van der Waals surface area contributed by atoms with Crippen LogP contribution in [0.25, 0.3) is 0 Å². The maximum atomic E-state index is 12.8. The lowest BCUT2D eigenvalue weighted by Crippen LogP contribution is -2.40. The van der Waals surface area contributed by atoms with Gasteiger partial charge in [-0.15, -0.1) is 0 Å². The smallest absolute Gasteiger partial charge is 0.253 e. The van der Waals surface area contributed by atoms with E-state index >= 15 is 0 Å². The number of rotatable bonds is 4. The largest absolute Gasteiger partial charge is 0.456 e. The van der Waals surface area contributed by atoms with E-state index in [4.69, 9.17) is 4.74 Å². The molecule has 0 radical (unpaired) electrons. The fourth-order valence-electron chi connectivity index (χ4n) is 3.24. The summed E-state index contributed by atoms with van der Waals surface area (Å²) in [4.78, 5) is 18.8. The number of ether oxygens (including phenoxy) is 1. The molecule has 1 atom stereocenters. The molecule has 0 aliphatic carbocycles. The Bertz CT molecular complexity index is 847. The van der Waals surface area contributed by atoms with Crippen LogP contribution in [0, 0.1) is 0 Å². The number of nitrogens with zero attached hydrogens (tertiary/aromatic N) is 4. The zero-order valence-electron chi connectivity index (χ0n) is 14.4. The first-order valence-electron chi connectivity index (χ1n) is 8.76.